The quantitative estimate of drug-likeness (QED) is 0.867. The Morgan fingerprint density at radius 2 is 2.00 bits per heavy atom. The summed E-state index contributed by atoms with van der Waals surface area (Å²) in [4.78, 5) is 13.9. The maximum Gasteiger partial charge on any atom is 0.410 e. The monoisotopic (exact) mass is 312 g/mol. The molecule has 2 heterocycles. The molecule has 0 spiro atoms. The zero-order valence-electron chi connectivity index (χ0n) is 14.6. The van der Waals surface area contributed by atoms with Gasteiger partial charge in [-0.1, -0.05) is 0 Å². The number of nitrogens with one attached hydrogen (secondary N) is 1. The van der Waals surface area contributed by atoms with Gasteiger partial charge in [0, 0.05) is 25.7 Å². The van der Waals surface area contributed by atoms with Crippen LogP contribution in [0.1, 0.15) is 47.0 Å². The van der Waals surface area contributed by atoms with Gasteiger partial charge in [0.15, 0.2) is 0 Å². The van der Waals surface area contributed by atoms with E-state index in [1.165, 1.54) is 6.42 Å². The molecule has 0 bridgehead atoms. The van der Waals surface area contributed by atoms with Crippen LogP contribution in [0.15, 0.2) is 0 Å². The standard InChI is InChI=1S/C17H32N2O3/c1-13(15-7-10-21-12-15)18-11-14-5-8-19(9-6-14)16(20)22-17(2,3)4/h13-15,18H,5-12H2,1-4H3. The molecule has 5 nitrogen and oxygen atoms in total. The van der Waals surface area contributed by atoms with E-state index in [1.54, 1.807) is 0 Å². The second kappa shape index (κ2) is 7.64. The lowest BCUT2D eigenvalue weighted by atomic mass is 9.95. The number of hydrogen-bond acceptors (Lipinski definition) is 4. The molecule has 0 aromatic rings. The van der Waals surface area contributed by atoms with Gasteiger partial charge in [0.25, 0.3) is 0 Å². The summed E-state index contributed by atoms with van der Waals surface area (Å²) in [6, 6.07) is 0.520. The fraction of sp³-hybridized carbons (Fsp3) is 0.941. The van der Waals surface area contributed by atoms with Crippen LogP contribution in [0.5, 0.6) is 0 Å². The maximum absolute atomic E-state index is 12.0. The highest BCUT2D eigenvalue weighted by atomic mass is 16.6. The van der Waals surface area contributed by atoms with Crippen LogP contribution >= 0.6 is 0 Å². The van der Waals surface area contributed by atoms with E-state index in [4.69, 9.17) is 9.47 Å². The summed E-state index contributed by atoms with van der Waals surface area (Å²) in [5.41, 5.74) is -0.408. The van der Waals surface area contributed by atoms with E-state index in [-0.39, 0.29) is 6.09 Å². The molecule has 2 aliphatic rings. The largest absolute Gasteiger partial charge is 0.444 e. The fourth-order valence-electron chi connectivity index (χ4n) is 3.11. The van der Waals surface area contributed by atoms with Crippen molar-refractivity contribution in [3.63, 3.8) is 0 Å². The summed E-state index contributed by atoms with van der Waals surface area (Å²) < 4.78 is 10.9. The molecule has 128 valence electrons. The van der Waals surface area contributed by atoms with Crippen LogP contribution in [0.3, 0.4) is 0 Å². The van der Waals surface area contributed by atoms with E-state index in [0.29, 0.717) is 17.9 Å². The van der Waals surface area contributed by atoms with E-state index in [9.17, 15) is 4.79 Å². The Kier molecular flexibility index (Phi) is 6.09. The van der Waals surface area contributed by atoms with Gasteiger partial charge in [-0.2, -0.15) is 0 Å². The van der Waals surface area contributed by atoms with Gasteiger partial charge in [0.2, 0.25) is 0 Å². The fourth-order valence-corrected chi connectivity index (χ4v) is 3.11. The van der Waals surface area contributed by atoms with E-state index < -0.39 is 5.60 Å². The molecule has 1 amide bonds. The predicted molar refractivity (Wildman–Crippen MR) is 86.9 cm³/mol. The van der Waals surface area contributed by atoms with Crippen molar-refractivity contribution in [1.29, 1.82) is 0 Å². The van der Waals surface area contributed by atoms with E-state index in [1.807, 2.05) is 25.7 Å². The molecule has 0 radical (unpaired) electrons. The maximum atomic E-state index is 12.0. The van der Waals surface area contributed by atoms with Crippen LogP contribution in [-0.2, 0) is 9.47 Å². The molecule has 0 aliphatic carbocycles. The molecular formula is C17H32N2O3. The number of piperidine rings is 1. The average molecular weight is 312 g/mol. The minimum absolute atomic E-state index is 0.171. The van der Waals surface area contributed by atoms with Crippen molar-refractivity contribution >= 4 is 6.09 Å². The first-order valence-electron chi connectivity index (χ1n) is 8.64. The summed E-state index contributed by atoms with van der Waals surface area (Å²) in [5, 5.41) is 3.66. The lowest BCUT2D eigenvalue weighted by Gasteiger charge is -2.34. The van der Waals surface area contributed by atoms with Crippen molar-refractivity contribution in [1.82, 2.24) is 10.2 Å². The minimum Gasteiger partial charge on any atom is -0.444 e. The topological polar surface area (TPSA) is 50.8 Å². The Labute approximate surface area is 134 Å². The number of nitrogens with zero attached hydrogens (tertiary/aromatic N) is 1. The summed E-state index contributed by atoms with van der Waals surface area (Å²) >= 11 is 0. The van der Waals surface area contributed by atoms with Crippen molar-refractivity contribution in [3.05, 3.63) is 0 Å². The molecule has 0 aromatic carbocycles. The normalized spacial score (nSPS) is 25.3. The Morgan fingerprint density at radius 3 is 2.55 bits per heavy atom. The first-order valence-corrected chi connectivity index (χ1v) is 8.64. The van der Waals surface area contributed by atoms with Crippen molar-refractivity contribution in [2.24, 2.45) is 11.8 Å². The zero-order valence-corrected chi connectivity index (χ0v) is 14.6. The van der Waals surface area contributed by atoms with Gasteiger partial charge in [-0.15, -0.1) is 0 Å². The average Bonchev–Trinajstić information content (AvgIpc) is 2.97. The summed E-state index contributed by atoms with van der Waals surface area (Å²) in [5.74, 6) is 1.31. The number of carbonyl (C=O) groups is 1. The molecule has 22 heavy (non-hydrogen) atoms. The van der Waals surface area contributed by atoms with Crippen molar-refractivity contribution in [2.75, 3.05) is 32.8 Å². The Morgan fingerprint density at radius 1 is 1.32 bits per heavy atom. The Hall–Kier alpha value is -0.810. The van der Waals surface area contributed by atoms with Crippen LogP contribution < -0.4 is 5.32 Å². The molecule has 1 N–H and O–H groups in total. The third kappa shape index (κ3) is 5.43. The third-order valence-electron chi connectivity index (χ3n) is 4.67. The lowest BCUT2D eigenvalue weighted by molar-refractivity contribution is 0.0182. The summed E-state index contributed by atoms with van der Waals surface area (Å²) in [6.45, 7) is 12.5. The number of rotatable bonds is 4. The van der Waals surface area contributed by atoms with E-state index >= 15 is 0 Å². The van der Waals surface area contributed by atoms with Gasteiger partial charge in [-0.05, 0) is 65.3 Å². The first kappa shape index (κ1) is 17.5. The van der Waals surface area contributed by atoms with Gasteiger partial charge in [-0.25, -0.2) is 4.79 Å². The third-order valence-corrected chi connectivity index (χ3v) is 4.67. The summed E-state index contributed by atoms with van der Waals surface area (Å²) in [7, 11) is 0. The number of carbonyl (C=O) groups excluding carboxylic acids is 1. The second-order valence-corrected chi connectivity index (χ2v) is 7.73. The molecule has 5 heteroatoms. The second-order valence-electron chi connectivity index (χ2n) is 7.73. The molecule has 2 rings (SSSR count). The van der Waals surface area contributed by atoms with Gasteiger partial charge in [0.1, 0.15) is 5.60 Å². The smallest absolute Gasteiger partial charge is 0.410 e. The van der Waals surface area contributed by atoms with Crippen LogP contribution in [0, 0.1) is 11.8 Å². The van der Waals surface area contributed by atoms with Crippen LogP contribution in [0.4, 0.5) is 4.79 Å². The lowest BCUT2D eigenvalue weighted by Crippen LogP contribution is -2.44. The molecule has 2 atom stereocenters. The minimum atomic E-state index is -0.408. The van der Waals surface area contributed by atoms with Crippen LogP contribution in [-0.4, -0.2) is 55.5 Å². The molecule has 2 saturated heterocycles. The molecular weight excluding hydrogens is 280 g/mol. The van der Waals surface area contributed by atoms with Crippen molar-refractivity contribution in [2.45, 2.75) is 58.6 Å². The van der Waals surface area contributed by atoms with Crippen molar-refractivity contribution < 1.29 is 14.3 Å². The van der Waals surface area contributed by atoms with Gasteiger partial charge < -0.3 is 19.7 Å². The zero-order chi connectivity index (χ0) is 16.2. The molecule has 2 fully saturated rings. The van der Waals surface area contributed by atoms with Crippen LogP contribution in [0.2, 0.25) is 0 Å². The Bertz CT molecular complexity index is 353. The van der Waals surface area contributed by atoms with E-state index in [0.717, 1.165) is 45.7 Å². The summed E-state index contributed by atoms with van der Waals surface area (Å²) in [6.07, 6.45) is 3.11. The number of ether oxygens (including phenoxy) is 2. The Balaban J connectivity index is 1.65. The number of amides is 1. The number of hydrogen-bond donors (Lipinski definition) is 1. The predicted octanol–water partition coefficient (Wildman–Crippen LogP) is 2.65. The SMILES string of the molecule is CC(NCC1CCN(C(=O)OC(C)(C)C)CC1)C1CCOC1. The van der Waals surface area contributed by atoms with E-state index in [2.05, 4.69) is 12.2 Å². The first-order chi connectivity index (χ1) is 10.3. The van der Waals surface area contributed by atoms with Crippen LogP contribution in [0.25, 0.3) is 0 Å². The van der Waals surface area contributed by atoms with Gasteiger partial charge in [0.05, 0.1) is 6.61 Å². The van der Waals surface area contributed by atoms with Gasteiger partial charge >= 0.3 is 6.09 Å². The van der Waals surface area contributed by atoms with Crippen molar-refractivity contribution in [3.8, 4) is 0 Å². The molecule has 2 unspecified atom stereocenters. The number of likely N-dealkylation sites (tertiary alicyclic amines) is 1. The highest BCUT2D eigenvalue weighted by Gasteiger charge is 2.28. The molecule has 0 aromatic heterocycles. The molecule has 0 saturated carbocycles. The highest BCUT2D eigenvalue weighted by molar-refractivity contribution is 5.68. The highest BCUT2D eigenvalue weighted by Crippen LogP contribution is 2.21. The molecule has 2 aliphatic heterocycles. The van der Waals surface area contributed by atoms with Gasteiger partial charge in [-0.3, -0.25) is 0 Å².